The number of carbonyl (C=O) groups excluding carboxylic acids is 3. The van der Waals surface area contributed by atoms with Crippen molar-refractivity contribution in [3.63, 3.8) is 0 Å². The molecule has 172 valence electrons. The normalized spacial score (nSPS) is 10.9. The van der Waals surface area contributed by atoms with E-state index in [4.69, 9.17) is 21.1 Å². The molecule has 0 spiro atoms. The Hall–Kier alpha value is -3.27. The van der Waals surface area contributed by atoms with Gasteiger partial charge in [-0.2, -0.15) is 13.2 Å². The third-order valence-electron chi connectivity index (χ3n) is 3.94. The number of hydrogen-bond donors (Lipinski definition) is 2. The minimum atomic E-state index is -4.61. The van der Waals surface area contributed by atoms with Crippen LogP contribution in [0.5, 0.6) is 5.75 Å². The molecule has 2 aromatic rings. The van der Waals surface area contributed by atoms with Gasteiger partial charge in [0.2, 0.25) is 5.91 Å². The van der Waals surface area contributed by atoms with Gasteiger partial charge in [0.05, 0.1) is 29.3 Å². The zero-order chi connectivity index (χ0) is 23.7. The fraction of sp³-hybridized carbons (Fsp3) is 0.286. The van der Waals surface area contributed by atoms with Crippen LogP contribution in [0.1, 0.15) is 25.3 Å². The van der Waals surface area contributed by atoms with E-state index in [-0.39, 0.29) is 23.6 Å². The molecule has 0 aliphatic rings. The fourth-order valence-corrected chi connectivity index (χ4v) is 2.61. The largest absolute Gasteiger partial charge is 0.494 e. The summed E-state index contributed by atoms with van der Waals surface area (Å²) in [6.45, 7) is 1.61. The minimum Gasteiger partial charge on any atom is -0.494 e. The lowest BCUT2D eigenvalue weighted by Crippen LogP contribution is -2.22. The molecule has 0 bridgehead atoms. The summed E-state index contributed by atoms with van der Waals surface area (Å²) in [6, 6.07) is 9.10. The second-order valence-electron chi connectivity index (χ2n) is 6.41. The summed E-state index contributed by atoms with van der Waals surface area (Å²) in [5.74, 6) is -1.49. The highest BCUT2D eigenvalue weighted by Crippen LogP contribution is 2.33. The van der Waals surface area contributed by atoms with E-state index in [1.54, 1.807) is 24.3 Å². The number of rotatable bonds is 9. The van der Waals surface area contributed by atoms with Crippen LogP contribution in [0.25, 0.3) is 0 Å². The van der Waals surface area contributed by atoms with Crippen LogP contribution in [0, 0.1) is 0 Å². The number of carbonyl (C=O) groups is 3. The molecule has 0 fully saturated rings. The van der Waals surface area contributed by atoms with E-state index in [1.165, 1.54) is 0 Å². The van der Waals surface area contributed by atoms with Crippen LogP contribution in [-0.2, 0) is 25.3 Å². The number of hydrogen-bond acceptors (Lipinski definition) is 5. The Morgan fingerprint density at radius 1 is 0.969 bits per heavy atom. The number of esters is 1. The maximum atomic E-state index is 12.8. The molecule has 0 aliphatic heterocycles. The molecule has 11 heteroatoms. The summed E-state index contributed by atoms with van der Waals surface area (Å²) < 4.78 is 48.3. The summed E-state index contributed by atoms with van der Waals surface area (Å²) in [5, 5.41) is 4.64. The van der Waals surface area contributed by atoms with Gasteiger partial charge in [0.1, 0.15) is 5.75 Å². The maximum absolute atomic E-state index is 12.8. The van der Waals surface area contributed by atoms with Crippen LogP contribution in [0.2, 0.25) is 5.02 Å². The second-order valence-corrected chi connectivity index (χ2v) is 6.81. The van der Waals surface area contributed by atoms with Gasteiger partial charge in [-0.15, -0.1) is 0 Å². The van der Waals surface area contributed by atoms with E-state index < -0.39 is 36.1 Å². The molecule has 0 unspecified atom stereocenters. The molecule has 0 saturated heterocycles. The van der Waals surface area contributed by atoms with Gasteiger partial charge in [-0.1, -0.05) is 11.6 Å². The molecule has 0 aromatic heterocycles. The molecule has 0 radical (unpaired) electrons. The number of amides is 2. The lowest BCUT2D eigenvalue weighted by Gasteiger charge is -2.12. The first-order valence-electron chi connectivity index (χ1n) is 9.43. The van der Waals surface area contributed by atoms with E-state index in [0.717, 1.165) is 12.1 Å². The van der Waals surface area contributed by atoms with Gasteiger partial charge in [0.25, 0.3) is 5.91 Å². The Balaban J connectivity index is 1.75. The first-order valence-corrected chi connectivity index (χ1v) is 9.81. The molecule has 0 saturated carbocycles. The van der Waals surface area contributed by atoms with Crippen molar-refractivity contribution in [1.29, 1.82) is 0 Å². The van der Waals surface area contributed by atoms with E-state index >= 15 is 0 Å². The van der Waals surface area contributed by atoms with Crippen LogP contribution in [0.4, 0.5) is 24.5 Å². The van der Waals surface area contributed by atoms with Gasteiger partial charge in [0, 0.05) is 12.1 Å². The first kappa shape index (κ1) is 25.0. The van der Waals surface area contributed by atoms with Crippen molar-refractivity contribution in [3.05, 3.63) is 53.1 Å². The van der Waals surface area contributed by atoms with Crippen LogP contribution in [0.15, 0.2) is 42.5 Å². The predicted molar refractivity (Wildman–Crippen MR) is 112 cm³/mol. The fourth-order valence-electron chi connectivity index (χ4n) is 2.44. The van der Waals surface area contributed by atoms with E-state index in [1.807, 2.05) is 6.92 Å². The molecule has 2 aromatic carbocycles. The van der Waals surface area contributed by atoms with Crippen LogP contribution in [0.3, 0.4) is 0 Å². The summed E-state index contributed by atoms with van der Waals surface area (Å²) in [5.41, 5.74) is -0.742. The molecule has 2 N–H and O–H groups in total. The Morgan fingerprint density at radius 3 is 2.28 bits per heavy atom. The number of alkyl halides is 3. The number of ether oxygens (including phenoxy) is 2. The number of halogens is 4. The average molecular weight is 473 g/mol. The smallest absolute Gasteiger partial charge is 0.416 e. The van der Waals surface area contributed by atoms with Crippen molar-refractivity contribution in [3.8, 4) is 5.75 Å². The number of anilines is 2. The first-order chi connectivity index (χ1) is 15.1. The molecule has 32 heavy (non-hydrogen) atoms. The molecule has 2 rings (SSSR count). The molecule has 0 heterocycles. The topological polar surface area (TPSA) is 93.7 Å². The highest BCUT2D eigenvalue weighted by Gasteiger charge is 2.31. The molecular formula is C21H20ClF3N2O5. The van der Waals surface area contributed by atoms with Gasteiger partial charge in [-0.3, -0.25) is 14.4 Å². The molecular weight excluding hydrogens is 453 g/mol. The number of benzene rings is 2. The van der Waals surface area contributed by atoms with Crippen molar-refractivity contribution in [2.75, 3.05) is 23.8 Å². The standard InChI is InChI=1S/C21H20ClF3N2O5/c1-2-31-15-6-4-14(5-7-15)26-18(28)9-10-20(30)32-12-19(29)27-17-11-13(21(23,24)25)3-8-16(17)22/h3-8,11H,2,9-10,12H2,1H3,(H,26,28)(H,27,29). The third-order valence-corrected chi connectivity index (χ3v) is 4.27. The SMILES string of the molecule is CCOc1ccc(NC(=O)CCC(=O)OCC(=O)Nc2cc(C(F)(F)F)ccc2Cl)cc1. The maximum Gasteiger partial charge on any atom is 0.416 e. The monoisotopic (exact) mass is 472 g/mol. The van der Waals surface area contributed by atoms with Gasteiger partial charge >= 0.3 is 12.1 Å². The predicted octanol–water partition coefficient (Wildman–Crippen LogP) is 4.66. The lowest BCUT2D eigenvalue weighted by molar-refractivity contribution is -0.147. The van der Waals surface area contributed by atoms with Gasteiger partial charge in [-0.25, -0.2) is 0 Å². The molecule has 0 atom stereocenters. The van der Waals surface area contributed by atoms with Crippen LogP contribution >= 0.6 is 11.6 Å². The molecule has 2 amide bonds. The van der Waals surface area contributed by atoms with Crippen LogP contribution < -0.4 is 15.4 Å². The van der Waals surface area contributed by atoms with Gasteiger partial charge in [0.15, 0.2) is 6.61 Å². The minimum absolute atomic E-state index is 0.108. The lowest BCUT2D eigenvalue weighted by atomic mass is 10.2. The quantitative estimate of drug-likeness (QED) is 0.518. The summed E-state index contributed by atoms with van der Waals surface area (Å²) in [7, 11) is 0. The molecule has 7 nitrogen and oxygen atoms in total. The van der Waals surface area contributed by atoms with Crippen LogP contribution in [-0.4, -0.2) is 31.0 Å². The summed E-state index contributed by atoms with van der Waals surface area (Å²) >= 11 is 5.79. The van der Waals surface area contributed by atoms with Crippen molar-refractivity contribution < 1.29 is 37.0 Å². The molecule has 0 aliphatic carbocycles. The Morgan fingerprint density at radius 2 is 1.66 bits per heavy atom. The highest BCUT2D eigenvalue weighted by molar-refractivity contribution is 6.33. The Kier molecular flexibility index (Phi) is 8.89. The van der Waals surface area contributed by atoms with Gasteiger partial charge in [-0.05, 0) is 49.4 Å². The van der Waals surface area contributed by atoms with Crippen molar-refractivity contribution in [2.45, 2.75) is 25.9 Å². The zero-order valence-corrected chi connectivity index (χ0v) is 17.7. The number of nitrogens with one attached hydrogen (secondary N) is 2. The average Bonchev–Trinajstić information content (AvgIpc) is 2.73. The van der Waals surface area contributed by atoms with Crippen molar-refractivity contribution in [2.24, 2.45) is 0 Å². The van der Waals surface area contributed by atoms with E-state index in [9.17, 15) is 27.6 Å². The Bertz CT molecular complexity index is 965. The Labute approximate surface area is 186 Å². The van der Waals surface area contributed by atoms with E-state index in [0.29, 0.717) is 24.1 Å². The zero-order valence-electron chi connectivity index (χ0n) is 16.9. The van der Waals surface area contributed by atoms with Crippen molar-refractivity contribution in [1.82, 2.24) is 0 Å². The van der Waals surface area contributed by atoms with Crippen molar-refractivity contribution >= 4 is 40.8 Å². The summed E-state index contributed by atoms with van der Waals surface area (Å²) in [4.78, 5) is 35.5. The summed E-state index contributed by atoms with van der Waals surface area (Å²) in [6.07, 6.45) is -5.09. The third kappa shape index (κ3) is 8.10. The second kappa shape index (κ2) is 11.4. The highest BCUT2D eigenvalue weighted by atomic mass is 35.5. The van der Waals surface area contributed by atoms with E-state index in [2.05, 4.69) is 10.6 Å². The van der Waals surface area contributed by atoms with Gasteiger partial charge < -0.3 is 20.1 Å².